The van der Waals surface area contributed by atoms with Gasteiger partial charge in [0, 0.05) is 24.2 Å². The van der Waals surface area contributed by atoms with Crippen molar-refractivity contribution >= 4 is 11.8 Å². The van der Waals surface area contributed by atoms with Gasteiger partial charge in [0.05, 0.1) is 23.7 Å². The highest BCUT2D eigenvalue weighted by Gasteiger charge is 2.76. The number of carbonyl (C=O) groups is 2. The van der Waals surface area contributed by atoms with E-state index in [0.29, 0.717) is 31.3 Å². The Hall–Kier alpha value is -1.32. The lowest BCUT2D eigenvalue weighted by Gasteiger charge is -2.66. The van der Waals surface area contributed by atoms with Gasteiger partial charge in [-0.2, -0.15) is 0 Å². The third-order valence-electron chi connectivity index (χ3n) is 8.90. The lowest BCUT2D eigenvalue weighted by molar-refractivity contribution is -0.263. The fraction of sp³-hybridized carbons (Fsp3) is 0.818. The van der Waals surface area contributed by atoms with Crippen LogP contribution in [0.2, 0.25) is 0 Å². The summed E-state index contributed by atoms with van der Waals surface area (Å²) in [6, 6.07) is 0. The number of hydrogen-bond acceptors (Lipinski definition) is 6. The van der Waals surface area contributed by atoms with Gasteiger partial charge in [-0.25, -0.2) is 0 Å². The van der Waals surface area contributed by atoms with Crippen LogP contribution in [0.15, 0.2) is 12.2 Å². The summed E-state index contributed by atoms with van der Waals surface area (Å²) in [7, 11) is 0. The lowest BCUT2D eigenvalue weighted by atomic mass is 9.39. The van der Waals surface area contributed by atoms with Crippen LogP contribution in [-0.2, 0) is 14.3 Å². The first-order valence-corrected chi connectivity index (χ1v) is 10.3. The van der Waals surface area contributed by atoms with E-state index in [1.165, 1.54) is 6.92 Å². The Morgan fingerprint density at radius 3 is 2.30 bits per heavy atom. The van der Waals surface area contributed by atoms with Crippen LogP contribution in [0.3, 0.4) is 0 Å². The molecule has 4 saturated carbocycles. The van der Waals surface area contributed by atoms with Crippen molar-refractivity contribution in [2.75, 3.05) is 0 Å². The van der Waals surface area contributed by atoms with Gasteiger partial charge in [0.1, 0.15) is 6.10 Å². The Kier molecular flexibility index (Phi) is 6.13. The molecule has 0 aliphatic heterocycles. The summed E-state index contributed by atoms with van der Waals surface area (Å²) in [5.41, 5.74) is -1.94. The van der Waals surface area contributed by atoms with Gasteiger partial charge in [0.2, 0.25) is 0 Å². The Balaban J connectivity index is 0.00000160. The summed E-state index contributed by atoms with van der Waals surface area (Å²) in [5, 5.41) is 33.5. The van der Waals surface area contributed by atoms with Gasteiger partial charge in [-0.15, -0.1) is 0 Å². The van der Waals surface area contributed by atoms with Gasteiger partial charge in [-0.1, -0.05) is 27.4 Å². The van der Waals surface area contributed by atoms with Crippen LogP contribution in [0.25, 0.3) is 0 Å². The van der Waals surface area contributed by atoms with E-state index in [0.717, 1.165) is 0 Å². The monoisotopic (exact) mass is 428 g/mol. The summed E-state index contributed by atoms with van der Waals surface area (Å²) in [4.78, 5) is 24.9. The van der Waals surface area contributed by atoms with Crippen LogP contribution in [0.1, 0.15) is 53.4 Å². The molecule has 30 heavy (non-hydrogen) atoms. The minimum atomic E-state index is -1.38. The molecule has 0 radical (unpaired) electrons. The van der Waals surface area contributed by atoms with Crippen molar-refractivity contribution in [3.05, 3.63) is 12.2 Å². The first kappa shape index (κ1) is 24.9. The smallest absolute Gasteiger partial charge is 0.302 e. The highest BCUT2D eigenvalue weighted by molar-refractivity contribution is 6.04. The average Bonchev–Trinajstić information content (AvgIpc) is 2.71. The molecule has 0 aromatic heterocycles. The molecule has 1 spiro atoms. The highest BCUT2D eigenvalue weighted by Crippen LogP contribution is 2.71. The van der Waals surface area contributed by atoms with Crippen LogP contribution in [0.5, 0.6) is 0 Å². The second-order valence-electron chi connectivity index (χ2n) is 10.4. The molecule has 0 amide bonds. The Morgan fingerprint density at radius 2 is 1.73 bits per heavy atom. The first-order valence-electron chi connectivity index (χ1n) is 10.3. The highest BCUT2D eigenvalue weighted by atomic mass is 16.5. The number of aliphatic hydroxyl groups excluding tert-OH is 3. The van der Waals surface area contributed by atoms with Crippen LogP contribution in [0.4, 0.5) is 0 Å². The Morgan fingerprint density at radius 1 is 1.13 bits per heavy atom. The molecule has 0 unspecified atom stereocenters. The van der Waals surface area contributed by atoms with Gasteiger partial charge in [-0.05, 0) is 42.6 Å². The van der Waals surface area contributed by atoms with E-state index in [1.54, 1.807) is 0 Å². The summed E-state index contributed by atoms with van der Waals surface area (Å²) < 4.78 is 5.60. The van der Waals surface area contributed by atoms with E-state index >= 15 is 0 Å². The normalized spacial score (nSPS) is 48.6. The predicted molar refractivity (Wildman–Crippen MR) is 108 cm³/mol. The molecule has 2 bridgehead atoms. The molecule has 7 N–H and O–H groups in total. The second kappa shape index (κ2) is 7.38. The molecule has 8 heteroatoms. The predicted octanol–water partition coefficient (Wildman–Crippen LogP) is -0.0410. The number of hydrogen-bond donors (Lipinski definition) is 3. The summed E-state index contributed by atoms with van der Waals surface area (Å²) >= 11 is 0. The van der Waals surface area contributed by atoms with E-state index in [2.05, 4.69) is 13.5 Å². The molecule has 0 aromatic rings. The zero-order chi connectivity index (χ0) is 20.8. The van der Waals surface area contributed by atoms with Crippen molar-refractivity contribution in [2.24, 2.45) is 34.0 Å². The van der Waals surface area contributed by atoms with E-state index in [4.69, 9.17) is 4.74 Å². The van der Waals surface area contributed by atoms with Gasteiger partial charge in [0.25, 0.3) is 0 Å². The molecular weight excluding hydrogens is 392 g/mol. The minimum absolute atomic E-state index is 0. The summed E-state index contributed by atoms with van der Waals surface area (Å²) in [6.07, 6.45) is -1.24. The maximum atomic E-state index is 13.3. The van der Waals surface area contributed by atoms with Gasteiger partial charge < -0.3 is 31.0 Å². The molecular formula is C22H36O8. The molecule has 0 saturated heterocycles. The molecule has 0 heterocycles. The molecule has 4 aliphatic rings. The SMILES string of the molecule is C=C1C(=O)[C@@]23[C@H](O)C[C@@H]4C(C)(C)[C@@H](OC(C)=O)CC[C@@]4(C)[C@@H]2[C@H](O)C[C@@H]1[C@H]3O.O.O. The zero-order valence-electron chi connectivity index (χ0n) is 18.1. The van der Waals surface area contributed by atoms with Crippen molar-refractivity contribution in [2.45, 2.75) is 77.8 Å². The zero-order valence-corrected chi connectivity index (χ0v) is 18.1. The van der Waals surface area contributed by atoms with Crippen LogP contribution in [-0.4, -0.2) is 62.4 Å². The second-order valence-corrected chi connectivity index (χ2v) is 10.4. The minimum Gasteiger partial charge on any atom is -0.462 e. The van der Waals surface area contributed by atoms with E-state index in [9.17, 15) is 24.9 Å². The molecule has 9 atom stereocenters. The quantitative estimate of drug-likeness (QED) is 0.391. The standard InChI is InChI=1S/C22H32O6.2H2O/c1-10-12-8-13(24)17-21(5)7-6-16(28-11(2)23)20(3,4)14(21)9-15(25)22(17,18(10)26)19(12)27;;/h12-17,19,24-25,27H,1,6-9H2,2-5H3;2*1H2/t12-,13+,14+,15+,16-,17-,19+,21+,22+;;/m0../s1. The number of Topliss-reactive ketones (excluding diaryl/α,β-unsaturated/α-hetero) is 1. The number of ether oxygens (including phenoxy) is 1. The third kappa shape index (κ3) is 2.70. The number of rotatable bonds is 1. The van der Waals surface area contributed by atoms with Crippen molar-refractivity contribution in [1.29, 1.82) is 0 Å². The average molecular weight is 429 g/mol. The van der Waals surface area contributed by atoms with Crippen LogP contribution < -0.4 is 0 Å². The molecule has 0 aromatic carbocycles. The first-order chi connectivity index (χ1) is 12.9. The largest absolute Gasteiger partial charge is 0.462 e. The van der Waals surface area contributed by atoms with Crippen molar-refractivity contribution in [3.8, 4) is 0 Å². The topological polar surface area (TPSA) is 167 Å². The van der Waals surface area contributed by atoms with Crippen LogP contribution >= 0.6 is 0 Å². The summed E-state index contributed by atoms with van der Waals surface area (Å²) in [6.45, 7) is 11.4. The van der Waals surface area contributed by atoms with Gasteiger partial charge >= 0.3 is 5.97 Å². The number of carbonyl (C=O) groups excluding carboxylic acids is 2. The Labute approximate surface area is 176 Å². The van der Waals surface area contributed by atoms with Crippen LogP contribution in [0, 0.1) is 34.0 Å². The Bertz CT molecular complexity index is 747. The molecule has 8 nitrogen and oxygen atoms in total. The molecule has 4 aliphatic carbocycles. The van der Waals surface area contributed by atoms with E-state index in [1.807, 2.05) is 13.8 Å². The maximum absolute atomic E-state index is 13.3. The van der Waals surface area contributed by atoms with Crippen molar-refractivity contribution in [1.82, 2.24) is 0 Å². The lowest BCUT2D eigenvalue weighted by Crippen LogP contribution is -2.71. The van der Waals surface area contributed by atoms with Gasteiger partial charge in [-0.3, -0.25) is 9.59 Å². The fourth-order valence-electron chi connectivity index (χ4n) is 7.79. The maximum Gasteiger partial charge on any atom is 0.302 e. The van der Waals surface area contributed by atoms with Crippen molar-refractivity contribution in [3.63, 3.8) is 0 Å². The number of aliphatic hydroxyl groups is 3. The van der Waals surface area contributed by atoms with Crippen molar-refractivity contribution < 1.29 is 40.6 Å². The molecule has 4 fully saturated rings. The molecule has 4 rings (SSSR count). The summed E-state index contributed by atoms with van der Waals surface area (Å²) in [5.74, 6) is -1.71. The molecule has 172 valence electrons. The number of esters is 1. The number of fused-ring (bicyclic) bond motifs is 3. The third-order valence-corrected chi connectivity index (χ3v) is 8.90. The fourth-order valence-corrected chi connectivity index (χ4v) is 7.79. The van der Waals surface area contributed by atoms with E-state index in [-0.39, 0.29) is 34.7 Å². The van der Waals surface area contributed by atoms with Gasteiger partial charge in [0.15, 0.2) is 5.78 Å². The van der Waals surface area contributed by atoms with E-state index < -0.39 is 46.4 Å². The number of ketones is 1.